The Balaban J connectivity index is 2.27. The van der Waals surface area contributed by atoms with Gasteiger partial charge in [0, 0.05) is 22.3 Å². The fourth-order valence-electron chi connectivity index (χ4n) is 1.64. The minimum Gasteiger partial charge on any atom is -0.373 e. The van der Waals surface area contributed by atoms with Gasteiger partial charge in [0.2, 0.25) is 0 Å². The molecule has 0 spiro atoms. The molecule has 1 heterocycles. The molecule has 0 aliphatic carbocycles. The first-order valence-corrected chi connectivity index (χ1v) is 5.92. The molecule has 1 aliphatic heterocycles. The van der Waals surface area contributed by atoms with E-state index in [2.05, 4.69) is 15.9 Å². The summed E-state index contributed by atoms with van der Waals surface area (Å²) in [6, 6.07) is 5.52. The van der Waals surface area contributed by atoms with Crippen LogP contribution < -0.4 is 0 Å². The lowest BCUT2D eigenvalue weighted by Crippen LogP contribution is -2.19. The highest BCUT2D eigenvalue weighted by Gasteiger charge is 2.23. The average Bonchev–Trinajstić information content (AvgIpc) is 2.22. The van der Waals surface area contributed by atoms with Crippen LogP contribution in [0.4, 0.5) is 0 Å². The number of halogens is 2. The van der Waals surface area contributed by atoms with Crippen LogP contribution in [0, 0.1) is 0 Å². The predicted octanol–water partition coefficient (Wildman–Crippen LogP) is 3.52. The summed E-state index contributed by atoms with van der Waals surface area (Å²) < 4.78 is 6.50. The maximum atomic E-state index is 11.3. The molecule has 0 aromatic heterocycles. The van der Waals surface area contributed by atoms with Crippen LogP contribution in [-0.4, -0.2) is 12.4 Å². The van der Waals surface area contributed by atoms with E-state index in [9.17, 15) is 4.79 Å². The molecule has 1 atom stereocenters. The van der Waals surface area contributed by atoms with Gasteiger partial charge in [0.15, 0.2) is 0 Å². The van der Waals surface area contributed by atoms with Gasteiger partial charge in [-0.05, 0) is 23.8 Å². The lowest BCUT2D eigenvalue weighted by atomic mass is 10.0. The molecule has 1 aromatic rings. The molecule has 15 heavy (non-hydrogen) atoms. The molecule has 80 valence electrons. The monoisotopic (exact) mass is 288 g/mol. The summed E-state index contributed by atoms with van der Waals surface area (Å²) in [5.41, 5.74) is 0.954. The first-order chi connectivity index (χ1) is 7.16. The second kappa shape index (κ2) is 4.64. The zero-order valence-corrected chi connectivity index (χ0v) is 10.3. The molecule has 0 saturated carbocycles. The van der Waals surface area contributed by atoms with Crippen molar-refractivity contribution in [3.8, 4) is 0 Å². The van der Waals surface area contributed by atoms with E-state index < -0.39 is 0 Å². The summed E-state index contributed by atoms with van der Waals surface area (Å²) in [5, 5.41) is 0.662. The summed E-state index contributed by atoms with van der Waals surface area (Å²) >= 11 is 9.35. The van der Waals surface area contributed by atoms with Gasteiger partial charge in [-0.15, -0.1) is 0 Å². The summed E-state index contributed by atoms with van der Waals surface area (Å²) in [4.78, 5) is 11.3. The van der Waals surface area contributed by atoms with Crippen molar-refractivity contribution in [1.82, 2.24) is 0 Å². The van der Waals surface area contributed by atoms with Crippen LogP contribution in [0.25, 0.3) is 0 Å². The van der Waals surface area contributed by atoms with Gasteiger partial charge in [0.1, 0.15) is 5.78 Å². The van der Waals surface area contributed by atoms with E-state index in [1.165, 1.54) is 0 Å². The van der Waals surface area contributed by atoms with E-state index in [1.54, 1.807) is 6.07 Å². The third-order valence-electron chi connectivity index (χ3n) is 2.42. The van der Waals surface area contributed by atoms with E-state index in [0.29, 0.717) is 24.5 Å². The molecule has 1 fully saturated rings. The highest BCUT2D eigenvalue weighted by atomic mass is 79.9. The highest BCUT2D eigenvalue weighted by molar-refractivity contribution is 9.10. The molecule has 2 nitrogen and oxygen atoms in total. The fourth-order valence-corrected chi connectivity index (χ4v) is 2.33. The number of benzene rings is 1. The lowest BCUT2D eigenvalue weighted by Gasteiger charge is -2.23. The molecule has 1 aliphatic rings. The van der Waals surface area contributed by atoms with Crippen LogP contribution in [-0.2, 0) is 9.53 Å². The summed E-state index contributed by atoms with van der Waals surface area (Å²) in [7, 11) is 0. The zero-order chi connectivity index (χ0) is 10.8. The van der Waals surface area contributed by atoms with Crippen molar-refractivity contribution in [2.75, 3.05) is 6.61 Å². The van der Waals surface area contributed by atoms with Gasteiger partial charge in [0.05, 0.1) is 12.7 Å². The van der Waals surface area contributed by atoms with Gasteiger partial charge in [-0.3, -0.25) is 4.79 Å². The van der Waals surface area contributed by atoms with Crippen molar-refractivity contribution in [3.63, 3.8) is 0 Å². The molecule has 1 unspecified atom stereocenters. The number of carbonyl (C=O) groups is 1. The van der Waals surface area contributed by atoms with Crippen LogP contribution in [0.1, 0.15) is 24.5 Å². The Morgan fingerprint density at radius 1 is 1.47 bits per heavy atom. The molecular weight excluding hydrogens is 279 g/mol. The standard InChI is InChI=1S/C11H10BrClO2/c12-10-2-1-7(13)5-9(10)11-6-8(14)3-4-15-11/h1-2,5,11H,3-4,6H2. The zero-order valence-electron chi connectivity index (χ0n) is 8.00. The van der Waals surface area contributed by atoms with Crippen molar-refractivity contribution >= 4 is 33.3 Å². The minimum atomic E-state index is -0.153. The van der Waals surface area contributed by atoms with Crippen LogP contribution >= 0.6 is 27.5 Å². The van der Waals surface area contributed by atoms with Gasteiger partial charge in [0.25, 0.3) is 0 Å². The van der Waals surface area contributed by atoms with E-state index in [-0.39, 0.29) is 11.9 Å². The third-order valence-corrected chi connectivity index (χ3v) is 3.38. The Morgan fingerprint density at radius 2 is 2.27 bits per heavy atom. The second-order valence-corrected chi connectivity index (χ2v) is 4.81. The van der Waals surface area contributed by atoms with Crippen molar-refractivity contribution < 1.29 is 9.53 Å². The van der Waals surface area contributed by atoms with Crippen LogP contribution in [0.5, 0.6) is 0 Å². The predicted molar refractivity (Wildman–Crippen MR) is 62.1 cm³/mol. The molecule has 0 amide bonds. The maximum Gasteiger partial charge on any atom is 0.138 e. The van der Waals surface area contributed by atoms with E-state index >= 15 is 0 Å². The van der Waals surface area contributed by atoms with E-state index in [4.69, 9.17) is 16.3 Å². The number of carbonyl (C=O) groups excluding carboxylic acids is 1. The minimum absolute atomic E-state index is 0.153. The van der Waals surface area contributed by atoms with Crippen LogP contribution in [0.15, 0.2) is 22.7 Å². The Labute approximate surface area is 102 Å². The van der Waals surface area contributed by atoms with E-state index in [0.717, 1.165) is 10.0 Å². The summed E-state index contributed by atoms with van der Waals surface area (Å²) in [6.07, 6.45) is 0.812. The third kappa shape index (κ3) is 2.60. The Morgan fingerprint density at radius 3 is 3.00 bits per heavy atom. The van der Waals surface area contributed by atoms with Crippen molar-refractivity contribution in [3.05, 3.63) is 33.3 Å². The molecule has 4 heteroatoms. The van der Waals surface area contributed by atoms with E-state index in [1.807, 2.05) is 12.1 Å². The summed E-state index contributed by atoms with van der Waals surface area (Å²) in [6.45, 7) is 0.502. The molecule has 1 saturated heterocycles. The highest BCUT2D eigenvalue weighted by Crippen LogP contribution is 2.33. The number of ether oxygens (including phenoxy) is 1. The Hall–Kier alpha value is -0.380. The van der Waals surface area contributed by atoms with Crippen molar-refractivity contribution in [1.29, 1.82) is 0 Å². The molecule has 0 radical (unpaired) electrons. The first-order valence-electron chi connectivity index (χ1n) is 4.75. The molecule has 0 N–H and O–H groups in total. The normalized spacial score (nSPS) is 21.7. The Kier molecular flexibility index (Phi) is 3.44. The SMILES string of the molecule is O=C1CCOC(c2cc(Cl)ccc2Br)C1. The number of hydrogen-bond donors (Lipinski definition) is 0. The van der Waals surface area contributed by atoms with Crippen LogP contribution in [0.2, 0.25) is 5.02 Å². The van der Waals surface area contributed by atoms with Gasteiger partial charge in [-0.2, -0.15) is 0 Å². The smallest absolute Gasteiger partial charge is 0.138 e. The van der Waals surface area contributed by atoms with Gasteiger partial charge >= 0.3 is 0 Å². The lowest BCUT2D eigenvalue weighted by molar-refractivity contribution is -0.128. The first kappa shape index (κ1) is 11.1. The van der Waals surface area contributed by atoms with Gasteiger partial charge < -0.3 is 4.74 Å². The van der Waals surface area contributed by atoms with Crippen LogP contribution in [0.3, 0.4) is 0 Å². The average molecular weight is 290 g/mol. The second-order valence-electron chi connectivity index (χ2n) is 3.52. The molecular formula is C11H10BrClO2. The number of Topliss-reactive ketones (excluding diaryl/α,β-unsaturated/α-hetero) is 1. The number of ketones is 1. The fraction of sp³-hybridized carbons (Fsp3) is 0.364. The van der Waals surface area contributed by atoms with Crippen molar-refractivity contribution in [2.45, 2.75) is 18.9 Å². The topological polar surface area (TPSA) is 26.3 Å². The number of rotatable bonds is 1. The molecule has 2 rings (SSSR count). The Bertz CT molecular complexity index is 392. The molecule has 1 aromatic carbocycles. The molecule has 0 bridgehead atoms. The van der Waals surface area contributed by atoms with Gasteiger partial charge in [-0.25, -0.2) is 0 Å². The quantitative estimate of drug-likeness (QED) is 0.790. The maximum absolute atomic E-state index is 11.3. The largest absolute Gasteiger partial charge is 0.373 e. The summed E-state index contributed by atoms with van der Waals surface area (Å²) in [5.74, 6) is 0.248. The van der Waals surface area contributed by atoms with Crippen molar-refractivity contribution in [2.24, 2.45) is 0 Å². The van der Waals surface area contributed by atoms with Gasteiger partial charge in [-0.1, -0.05) is 27.5 Å². The number of hydrogen-bond acceptors (Lipinski definition) is 2.